The third kappa shape index (κ3) is 9.00. The molecule has 0 radical (unpaired) electrons. The molecule has 0 bridgehead atoms. The standard InChI is InChI=1S/C35H39F4N7O5S/c1-20-18-45(34(48)51-35(2,3)4)19-26(46(20)52(49,50)27-10-11-27)9-12-28-29(39)16-41-17-30(28)42-33(47)32(43-44-40)31(21-5-7-23(36)8-6-21)22-13-24(37)15-25(38)14-22/h5-8,13-17,20,26-27,31-32H,9-12,18-19H2,1-4H3,(H,42,47)/t20-,26+,31+,32?/m1/s1. The van der Waals surface area contributed by atoms with E-state index >= 15 is 4.39 Å². The zero-order valence-corrected chi connectivity index (χ0v) is 29.8. The predicted molar refractivity (Wildman–Crippen MR) is 184 cm³/mol. The summed E-state index contributed by atoms with van der Waals surface area (Å²) < 4.78 is 92.3. The molecule has 2 amide bonds. The Balaban J connectivity index is 1.45. The summed E-state index contributed by atoms with van der Waals surface area (Å²) in [6.07, 6.45) is 2.39. The van der Waals surface area contributed by atoms with Crippen molar-refractivity contribution in [2.45, 2.75) is 88.3 Å². The first kappa shape index (κ1) is 38.5. The van der Waals surface area contributed by atoms with Gasteiger partial charge in [-0.05, 0) is 94.3 Å². The predicted octanol–water partition coefficient (Wildman–Crippen LogP) is 6.82. The SMILES string of the molecule is C[C@@H]1CN(C(=O)OC(C)(C)C)C[C@H](CCc2c(F)cncc2NC(=O)C(N=[N+]=[N-])[C@@H](c2ccc(F)cc2)c2cc(F)cc(F)c2)N1S(=O)(=O)C1CC1. The average Bonchev–Trinajstić information content (AvgIpc) is 3.90. The molecule has 17 heteroatoms. The third-order valence-electron chi connectivity index (χ3n) is 8.83. The maximum Gasteiger partial charge on any atom is 0.410 e. The summed E-state index contributed by atoms with van der Waals surface area (Å²) in [5, 5.41) is 5.62. The van der Waals surface area contributed by atoms with Crippen LogP contribution in [0.5, 0.6) is 0 Å². The molecule has 2 heterocycles. The normalized spacial score (nSPS) is 19.3. The van der Waals surface area contributed by atoms with E-state index in [2.05, 4.69) is 20.3 Å². The van der Waals surface area contributed by atoms with Crippen molar-refractivity contribution < 1.29 is 40.3 Å². The van der Waals surface area contributed by atoms with Crippen molar-refractivity contribution in [2.75, 3.05) is 18.4 Å². The van der Waals surface area contributed by atoms with E-state index in [1.54, 1.807) is 27.7 Å². The lowest BCUT2D eigenvalue weighted by Gasteiger charge is -2.45. The minimum atomic E-state index is -3.75. The molecule has 1 unspecified atom stereocenters. The molecule has 2 aliphatic rings. The number of hydrogen-bond donors (Lipinski definition) is 1. The van der Waals surface area contributed by atoms with Crippen LogP contribution >= 0.6 is 0 Å². The van der Waals surface area contributed by atoms with Gasteiger partial charge in [0.1, 0.15) is 34.9 Å². The molecule has 1 aliphatic heterocycles. The minimum absolute atomic E-state index is 0.0257. The first-order chi connectivity index (χ1) is 24.5. The zero-order chi connectivity index (χ0) is 38.0. The lowest BCUT2D eigenvalue weighted by Crippen LogP contribution is -2.61. The molecule has 1 aliphatic carbocycles. The molecule has 4 atom stereocenters. The molecule has 12 nitrogen and oxygen atoms in total. The van der Waals surface area contributed by atoms with Gasteiger partial charge in [0.15, 0.2) is 0 Å². The van der Waals surface area contributed by atoms with Crippen molar-refractivity contribution in [1.82, 2.24) is 14.2 Å². The number of benzene rings is 2. The molecule has 1 N–H and O–H groups in total. The van der Waals surface area contributed by atoms with Crippen molar-refractivity contribution in [3.05, 3.63) is 105 Å². The highest BCUT2D eigenvalue weighted by Crippen LogP contribution is 2.37. The number of carbonyl (C=O) groups excluding carboxylic acids is 2. The molecule has 52 heavy (non-hydrogen) atoms. The third-order valence-corrected chi connectivity index (χ3v) is 11.4. The molecule has 0 spiro atoms. The van der Waals surface area contributed by atoms with Gasteiger partial charge in [-0.15, -0.1) is 0 Å². The number of rotatable bonds is 11. The van der Waals surface area contributed by atoms with Crippen molar-refractivity contribution in [3.8, 4) is 0 Å². The number of carbonyl (C=O) groups is 2. The van der Waals surface area contributed by atoms with Gasteiger partial charge in [0.25, 0.3) is 0 Å². The molecule has 2 aromatic carbocycles. The van der Waals surface area contributed by atoms with Gasteiger partial charge in [0.2, 0.25) is 15.9 Å². The zero-order valence-electron chi connectivity index (χ0n) is 29.0. The Morgan fingerprint density at radius 2 is 1.67 bits per heavy atom. The van der Waals surface area contributed by atoms with Crippen molar-refractivity contribution in [3.63, 3.8) is 0 Å². The van der Waals surface area contributed by atoms with E-state index in [9.17, 15) is 36.7 Å². The number of nitrogens with zero attached hydrogens (tertiary/aromatic N) is 6. The van der Waals surface area contributed by atoms with E-state index in [0.29, 0.717) is 18.9 Å². The van der Waals surface area contributed by atoms with Crippen LogP contribution in [0.3, 0.4) is 0 Å². The molecular formula is C35H39F4N7O5S. The van der Waals surface area contributed by atoms with Gasteiger partial charge < -0.3 is 15.0 Å². The van der Waals surface area contributed by atoms with Gasteiger partial charge >= 0.3 is 6.09 Å². The monoisotopic (exact) mass is 745 g/mol. The highest BCUT2D eigenvalue weighted by Gasteiger charge is 2.48. The fraction of sp³-hybridized carbons (Fsp3) is 0.457. The number of nitrogens with one attached hydrogen (secondary N) is 1. The maximum absolute atomic E-state index is 15.5. The second kappa shape index (κ2) is 15.5. The van der Waals surface area contributed by atoms with Gasteiger partial charge in [0.05, 0.1) is 23.3 Å². The Kier molecular flexibility index (Phi) is 11.5. The van der Waals surface area contributed by atoms with E-state index in [1.807, 2.05) is 0 Å². The number of aromatic nitrogens is 1. The Hall–Kier alpha value is -4.73. The Morgan fingerprint density at radius 3 is 2.27 bits per heavy atom. The molecule has 3 aromatic rings. The highest BCUT2D eigenvalue weighted by molar-refractivity contribution is 7.90. The van der Waals surface area contributed by atoms with Crippen LogP contribution in [0.15, 0.2) is 60.0 Å². The number of anilines is 1. The second-order valence-corrected chi connectivity index (χ2v) is 16.1. The first-order valence-corrected chi connectivity index (χ1v) is 18.2. The van der Waals surface area contributed by atoms with E-state index in [-0.39, 0.29) is 48.3 Å². The van der Waals surface area contributed by atoms with Crippen LogP contribution in [0.2, 0.25) is 0 Å². The highest BCUT2D eigenvalue weighted by atomic mass is 32.2. The maximum atomic E-state index is 15.5. The molecule has 1 aromatic heterocycles. The summed E-state index contributed by atoms with van der Waals surface area (Å²) in [4.78, 5) is 35.0. The summed E-state index contributed by atoms with van der Waals surface area (Å²) in [7, 11) is -3.75. The van der Waals surface area contributed by atoms with Crippen LogP contribution in [-0.4, -0.2) is 76.7 Å². The number of sulfonamides is 1. The van der Waals surface area contributed by atoms with Gasteiger partial charge in [-0.3, -0.25) is 9.78 Å². The number of pyridine rings is 1. The van der Waals surface area contributed by atoms with Crippen LogP contribution < -0.4 is 5.32 Å². The van der Waals surface area contributed by atoms with Crippen LogP contribution in [0.4, 0.5) is 28.0 Å². The van der Waals surface area contributed by atoms with Crippen molar-refractivity contribution >= 4 is 27.7 Å². The Morgan fingerprint density at radius 1 is 1.02 bits per heavy atom. The molecule has 278 valence electrons. The summed E-state index contributed by atoms with van der Waals surface area (Å²) in [5.41, 5.74) is 8.58. The van der Waals surface area contributed by atoms with Crippen LogP contribution in [0.1, 0.15) is 69.6 Å². The fourth-order valence-corrected chi connectivity index (χ4v) is 8.74. The van der Waals surface area contributed by atoms with Gasteiger partial charge in [-0.25, -0.2) is 30.8 Å². The second-order valence-electron chi connectivity index (χ2n) is 14.0. The first-order valence-electron chi connectivity index (χ1n) is 16.7. The van der Waals surface area contributed by atoms with Crippen molar-refractivity contribution in [1.29, 1.82) is 0 Å². The lowest BCUT2D eigenvalue weighted by molar-refractivity contribution is -0.117. The van der Waals surface area contributed by atoms with E-state index in [4.69, 9.17) is 4.74 Å². The largest absolute Gasteiger partial charge is 0.444 e. The number of amides is 2. The summed E-state index contributed by atoms with van der Waals surface area (Å²) in [5.74, 6) is -5.71. The number of halogens is 4. The fourth-order valence-electron chi connectivity index (χ4n) is 6.51. The summed E-state index contributed by atoms with van der Waals surface area (Å²) >= 11 is 0. The number of ether oxygens (including phenoxy) is 1. The number of piperazine rings is 1. The quantitative estimate of drug-likeness (QED) is 0.0982. The Bertz CT molecular complexity index is 1950. The average molecular weight is 746 g/mol. The van der Waals surface area contributed by atoms with Gasteiger partial charge in [0, 0.05) is 47.6 Å². The van der Waals surface area contributed by atoms with Crippen LogP contribution in [0.25, 0.3) is 10.4 Å². The van der Waals surface area contributed by atoms with E-state index in [1.165, 1.54) is 21.3 Å². The van der Waals surface area contributed by atoms with Crippen LogP contribution in [-0.2, 0) is 26.0 Å². The van der Waals surface area contributed by atoms with E-state index < -0.39 is 80.2 Å². The van der Waals surface area contributed by atoms with E-state index in [0.717, 1.165) is 36.7 Å². The van der Waals surface area contributed by atoms with Crippen molar-refractivity contribution in [2.24, 2.45) is 5.11 Å². The molecule has 2 fully saturated rings. The van der Waals surface area contributed by atoms with Gasteiger partial charge in [-0.1, -0.05) is 17.2 Å². The molecule has 5 rings (SSSR count). The molecule has 1 saturated carbocycles. The summed E-state index contributed by atoms with van der Waals surface area (Å²) in [6.45, 7) is 6.90. The Labute approximate surface area is 298 Å². The minimum Gasteiger partial charge on any atom is -0.444 e. The lowest BCUT2D eigenvalue weighted by atomic mass is 9.84. The number of hydrogen-bond acceptors (Lipinski definition) is 7. The summed E-state index contributed by atoms with van der Waals surface area (Å²) in [6, 6.07) is 4.11. The molecule has 1 saturated heterocycles. The number of azide groups is 1. The smallest absolute Gasteiger partial charge is 0.410 e. The van der Waals surface area contributed by atoms with Crippen LogP contribution in [0, 0.1) is 23.3 Å². The van der Waals surface area contributed by atoms with Gasteiger partial charge in [-0.2, -0.15) is 4.31 Å². The topological polar surface area (TPSA) is 158 Å². The molecular weight excluding hydrogens is 706 g/mol.